The number of rotatable bonds is 12. The topological polar surface area (TPSA) is 12.0 Å². The van der Waals surface area contributed by atoms with Crippen molar-refractivity contribution < 1.29 is 0 Å². The van der Waals surface area contributed by atoms with Gasteiger partial charge in [-0.25, -0.2) is 0 Å². The number of benzene rings is 3. The SMILES string of the molecule is Cc1ccc(-c2ccc(Nc3cccc(CCCCCCCCC4C=C5CCC5=CC4)c3)cc2)cc1. The summed E-state index contributed by atoms with van der Waals surface area (Å²) < 4.78 is 0. The van der Waals surface area contributed by atoms with Crippen LogP contribution in [0, 0.1) is 12.8 Å². The minimum Gasteiger partial charge on any atom is -0.356 e. The fourth-order valence-electron chi connectivity index (χ4n) is 5.59. The van der Waals surface area contributed by atoms with Gasteiger partial charge in [0.15, 0.2) is 0 Å². The number of nitrogens with one attached hydrogen (secondary N) is 1. The lowest BCUT2D eigenvalue weighted by molar-refractivity contribution is 0.507. The van der Waals surface area contributed by atoms with Gasteiger partial charge in [-0.05, 0) is 103 Å². The first-order valence-corrected chi connectivity index (χ1v) is 14.2. The van der Waals surface area contributed by atoms with E-state index in [-0.39, 0.29) is 0 Å². The van der Waals surface area contributed by atoms with Crippen LogP contribution in [-0.4, -0.2) is 0 Å². The van der Waals surface area contributed by atoms with Crippen molar-refractivity contribution in [3.63, 3.8) is 0 Å². The number of aryl methyl sites for hydroxylation is 2. The number of allylic oxidation sites excluding steroid dienone is 4. The Morgan fingerprint density at radius 3 is 2.11 bits per heavy atom. The Balaban J connectivity index is 0.984. The maximum absolute atomic E-state index is 3.58. The fraction of sp³-hybridized carbons (Fsp3) is 0.371. The van der Waals surface area contributed by atoms with Crippen molar-refractivity contribution in [3.8, 4) is 11.1 Å². The van der Waals surface area contributed by atoms with Gasteiger partial charge in [-0.15, -0.1) is 0 Å². The lowest BCUT2D eigenvalue weighted by Crippen LogP contribution is -2.11. The van der Waals surface area contributed by atoms with Gasteiger partial charge in [-0.3, -0.25) is 0 Å². The predicted molar refractivity (Wildman–Crippen MR) is 156 cm³/mol. The molecule has 0 radical (unpaired) electrons. The molecule has 3 aromatic carbocycles. The van der Waals surface area contributed by atoms with Gasteiger partial charge in [0.25, 0.3) is 0 Å². The molecule has 0 bridgehead atoms. The highest BCUT2D eigenvalue weighted by Gasteiger charge is 2.21. The zero-order valence-corrected chi connectivity index (χ0v) is 21.9. The van der Waals surface area contributed by atoms with Gasteiger partial charge >= 0.3 is 0 Å². The van der Waals surface area contributed by atoms with E-state index < -0.39 is 0 Å². The monoisotopic (exact) mass is 475 g/mol. The maximum Gasteiger partial charge on any atom is 0.0386 e. The molecule has 1 fully saturated rings. The fourth-order valence-corrected chi connectivity index (χ4v) is 5.59. The average molecular weight is 476 g/mol. The van der Waals surface area contributed by atoms with Crippen molar-refractivity contribution >= 4 is 11.4 Å². The van der Waals surface area contributed by atoms with Crippen LogP contribution < -0.4 is 5.32 Å². The molecule has 2 aliphatic rings. The van der Waals surface area contributed by atoms with E-state index in [1.807, 2.05) is 0 Å². The molecule has 3 aromatic rings. The van der Waals surface area contributed by atoms with E-state index in [4.69, 9.17) is 0 Å². The van der Waals surface area contributed by atoms with Crippen molar-refractivity contribution in [1.82, 2.24) is 0 Å². The Morgan fingerprint density at radius 2 is 1.39 bits per heavy atom. The molecule has 0 amide bonds. The van der Waals surface area contributed by atoms with Crippen LogP contribution >= 0.6 is 0 Å². The first-order valence-electron chi connectivity index (χ1n) is 14.2. The lowest BCUT2D eigenvalue weighted by Gasteiger charge is -2.29. The van der Waals surface area contributed by atoms with Crippen molar-refractivity contribution in [1.29, 1.82) is 0 Å². The number of fused-ring (bicyclic) bond motifs is 1. The van der Waals surface area contributed by atoms with E-state index in [0.29, 0.717) is 0 Å². The highest BCUT2D eigenvalue weighted by molar-refractivity contribution is 5.68. The van der Waals surface area contributed by atoms with E-state index in [1.165, 1.54) is 98.6 Å². The molecule has 0 spiro atoms. The van der Waals surface area contributed by atoms with Crippen LogP contribution in [-0.2, 0) is 6.42 Å². The zero-order chi connectivity index (χ0) is 24.6. The molecule has 1 nitrogen and oxygen atoms in total. The zero-order valence-electron chi connectivity index (χ0n) is 21.9. The van der Waals surface area contributed by atoms with Crippen LogP contribution in [0.5, 0.6) is 0 Å². The number of hydrogen-bond donors (Lipinski definition) is 1. The molecule has 1 heteroatoms. The molecule has 2 aliphatic carbocycles. The minimum absolute atomic E-state index is 0.830. The average Bonchev–Trinajstić information content (AvgIpc) is 2.88. The highest BCUT2D eigenvalue weighted by Crippen LogP contribution is 2.39. The molecule has 0 aromatic heterocycles. The van der Waals surface area contributed by atoms with Gasteiger partial charge in [-0.2, -0.15) is 0 Å². The van der Waals surface area contributed by atoms with E-state index in [1.54, 1.807) is 11.1 Å². The Hall–Kier alpha value is -3.06. The number of hydrogen-bond acceptors (Lipinski definition) is 1. The molecule has 5 rings (SSSR count). The van der Waals surface area contributed by atoms with Crippen molar-refractivity contribution in [2.45, 2.75) is 77.6 Å². The van der Waals surface area contributed by atoms with Crippen molar-refractivity contribution in [2.24, 2.45) is 5.92 Å². The van der Waals surface area contributed by atoms with Crippen LogP contribution in [0.2, 0.25) is 0 Å². The largest absolute Gasteiger partial charge is 0.356 e. The Morgan fingerprint density at radius 1 is 0.694 bits per heavy atom. The molecule has 0 saturated heterocycles. The van der Waals surface area contributed by atoms with Crippen LogP contribution in [0.4, 0.5) is 11.4 Å². The summed E-state index contributed by atoms with van der Waals surface area (Å²) in [6, 6.07) is 26.4. The summed E-state index contributed by atoms with van der Waals surface area (Å²) in [7, 11) is 0. The second-order valence-corrected chi connectivity index (χ2v) is 10.8. The number of anilines is 2. The second-order valence-electron chi connectivity index (χ2n) is 10.8. The standard InChI is InChI=1S/C35H41N/c1-27-13-16-30(17-14-27)31-21-23-34(24-22-31)36-35-12-8-11-28(26-35)9-6-4-2-3-5-7-10-29-15-18-32-19-20-33(32)25-29/h8,11-14,16-18,21-26,29,36H,2-7,9-10,15,19-20H2,1H3. The quantitative estimate of drug-likeness (QED) is 0.257. The van der Waals surface area contributed by atoms with Gasteiger partial charge in [-0.1, -0.05) is 98.4 Å². The third kappa shape index (κ3) is 6.78. The molecule has 1 N–H and O–H groups in total. The first kappa shape index (κ1) is 24.6. The van der Waals surface area contributed by atoms with Crippen molar-refractivity contribution in [2.75, 3.05) is 5.32 Å². The summed E-state index contributed by atoms with van der Waals surface area (Å²) in [5, 5.41) is 3.58. The van der Waals surface area contributed by atoms with Crippen LogP contribution in [0.15, 0.2) is 96.1 Å². The third-order valence-corrected chi connectivity index (χ3v) is 7.96. The summed E-state index contributed by atoms with van der Waals surface area (Å²) in [4.78, 5) is 0. The van der Waals surface area contributed by atoms with Gasteiger partial charge in [0.05, 0.1) is 0 Å². The van der Waals surface area contributed by atoms with E-state index in [0.717, 1.165) is 11.6 Å². The third-order valence-electron chi connectivity index (χ3n) is 7.96. The minimum atomic E-state index is 0.830. The van der Waals surface area contributed by atoms with Gasteiger partial charge in [0.2, 0.25) is 0 Å². The van der Waals surface area contributed by atoms with Gasteiger partial charge in [0.1, 0.15) is 0 Å². The van der Waals surface area contributed by atoms with E-state index >= 15 is 0 Å². The smallest absolute Gasteiger partial charge is 0.0386 e. The van der Waals surface area contributed by atoms with Crippen LogP contribution in [0.25, 0.3) is 11.1 Å². The summed E-state index contributed by atoms with van der Waals surface area (Å²) in [5.74, 6) is 0.830. The van der Waals surface area contributed by atoms with Gasteiger partial charge in [0, 0.05) is 11.4 Å². The first-order chi connectivity index (χ1) is 17.7. The van der Waals surface area contributed by atoms with Crippen molar-refractivity contribution in [3.05, 3.63) is 107 Å². The Labute approximate surface area is 218 Å². The molecule has 36 heavy (non-hydrogen) atoms. The van der Waals surface area contributed by atoms with Gasteiger partial charge < -0.3 is 5.32 Å². The van der Waals surface area contributed by atoms with Crippen LogP contribution in [0.1, 0.15) is 75.3 Å². The van der Waals surface area contributed by atoms with Crippen LogP contribution in [0.3, 0.4) is 0 Å². The molecular weight excluding hydrogens is 434 g/mol. The molecule has 0 heterocycles. The van der Waals surface area contributed by atoms with E-state index in [9.17, 15) is 0 Å². The normalized spacial score (nSPS) is 16.5. The summed E-state index contributed by atoms with van der Waals surface area (Å²) >= 11 is 0. The predicted octanol–water partition coefficient (Wildman–Crippen LogP) is 10.3. The summed E-state index contributed by atoms with van der Waals surface area (Å²) in [6.45, 7) is 2.13. The molecular formula is C35H41N. The number of unbranched alkanes of at least 4 members (excludes halogenated alkanes) is 5. The molecule has 1 unspecified atom stereocenters. The maximum atomic E-state index is 3.58. The lowest BCUT2D eigenvalue weighted by atomic mass is 9.77. The molecule has 0 aliphatic heterocycles. The summed E-state index contributed by atoms with van der Waals surface area (Å²) in [5.41, 5.74) is 10.9. The molecule has 1 saturated carbocycles. The second kappa shape index (κ2) is 12.3. The Bertz CT molecular complexity index is 1180. The summed E-state index contributed by atoms with van der Waals surface area (Å²) in [6.07, 6.45) is 19.8. The Kier molecular flexibility index (Phi) is 8.39. The molecule has 1 atom stereocenters. The van der Waals surface area contributed by atoms with E-state index in [2.05, 4.69) is 97.2 Å². The molecule has 186 valence electrons. The highest BCUT2D eigenvalue weighted by atomic mass is 14.9.